The third-order valence-electron chi connectivity index (χ3n) is 2.62. The molecule has 0 aliphatic carbocycles. The number of hydrogen-bond acceptors (Lipinski definition) is 6. The first-order valence-corrected chi connectivity index (χ1v) is 5.92. The maximum Gasteiger partial charge on any atom is 0.269 e. The molecule has 1 aromatic carbocycles. The quantitative estimate of drug-likeness (QED) is 0.484. The van der Waals surface area contributed by atoms with E-state index in [0.29, 0.717) is 23.7 Å². The van der Waals surface area contributed by atoms with Crippen LogP contribution in [0, 0.1) is 10.1 Å². The van der Waals surface area contributed by atoms with Gasteiger partial charge in [0.15, 0.2) is 0 Å². The van der Waals surface area contributed by atoms with E-state index in [9.17, 15) is 10.1 Å². The summed E-state index contributed by atoms with van der Waals surface area (Å²) >= 11 is 0. The second-order valence-electron chi connectivity index (χ2n) is 4.02. The van der Waals surface area contributed by atoms with E-state index in [4.69, 9.17) is 4.52 Å². The molecule has 0 aliphatic heterocycles. The van der Waals surface area contributed by atoms with E-state index in [2.05, 4.69) is 15.5 Å². The molecule has 19 heavy (non-hydrogen) atoms. The van der Waals surface area contributed by atoms with Gasteiger partial charge in [0.05, 0.1) is 4.92 Å². The van der Waals surface area contributed by atoms with Crippen LogP contribution in [0.4, 0.5) is 5.69 Å². The molecule has 2 aromatic rings. The zero-order valence-electron chi connectivity index (χ0n) is 10.5. The van der Waals surface area contributed by atoms with Crippen molar-refractivity contribution in [2.24, 2.45) is 0 Å². The number of non-ortho nitro benzene ring substituents is 1. The summed E-state index contributed by atoms with van der Waals surface area (Å²) in [6, 6.07) is 6.07. The zero-order valence-corrected chi connectivity index (χ0v) is 10.5. The lowest BCUT2D eigenvalue weighted by Gasteiger charge is -1.94. The van der Waals surface area contributed by atoms with Gasteiger partial charge in [-0.1, -0.05) is 5.16 Å². The van der Waals surface area contributed by atoms with Crippen LogP contribution < -0.4 is 5.32 Å². The number of aryl methyl sites for hydroxylation is 1. The second kappa shape index (κ2) is 6.05. The summed E-state index contributed by atoms with van der Waals surface area (Å²) in [6.45, 7) is 0.884. The topological polar surface area (TPSA) is 94.1 Å². The first-order valence-electron chi connectivity index (χ1n) is 5.92. The van der Waals surface area contributed by atoms with Gasteiger partial charge in [0, 0.05) is 24.1 Å². The monoisotopic (exact) mass is 262 g/mol. The Morgan fingerprint density at radius 1 is 1.37 bits per heavy atom. The van der Waals surface area contributed by atoms with Crippen molar-refractivity contribution in [3.8, 4) is 11.4 Å². The Labute approximate surface area is 109 Å². The molecule has 1 N–H and O–H groups in total. The molecule has 0 aliphatic rings. The van der Waals surface area contributed by atoms with Crippen LogP contribution in [0.2, 0.25) is 0 Å². The van der Waals surface area contributed by atoms with Crippen molar-refractivity contribution in [2.45, 2.75) is 12.8 Å². The van der Waals surface area contributed by atoms with E-state index >= 15 is 0 Å². The van der Waals surface area contributed by atoms with Gasteiger partial charge in [-0.15, -0.1) is 0 Å². The van der Waals surface area contributed by atoms with Crippen molar-refractivity contribution < 1.29 is 9.45 Å². The molecule has 0 unspecified atom stereocenters. The zero-order chi connectivity index (χ0) is 13.7. The van der Waals surface area contributed by atoms with E-state index in [1.807, 2.05) is 7.05 Å². The van der Waals surface area contributed by atoms with Crippen LogP contribution in [0.5, 0.6) is 0 Å². The standard InChI is InChI=1S/C12H14N4O3/c1-13-8-2-3-11-14-12(15-19-11)9-4-6-10(7-5-9)16(17)18/h4-7,13H,2-3,8H2,1H3. The summed E-state index contributed by atoms with van der Waals surface area (Å²) in [6.07, 6.45) is 1.62. The third-order valence-corrected chi connectivity index (χ3v) is 2.62. The molecule has 1 heterocycles. The van der Waals surface area contributed by atoms with Gasteiger partial charge in [-0.05, 0) is 32.1 Å². The molecule has 7 heteroatoms. The normalized spacial score (nSPS) is 10.6. The largest absolute Gasteiger partial charge is 0.339 e. The van der Waals surface area contributed by atoms with Gasteiger partial charge >= 0.3 is 0 Å². The Hall–Kier alpha value is -2.28. The van der Waals surface area contributed by atoms with E-state index < -0.39 is 4.92 Å². The molecule has 0 saturated carbocycles. The van der Waals surface area contributed by atoms with Crippen LogP contribution >= 0.6 is 0 Å². The molecule has 0 bridgehead atoms. The van der Waals surface area contributed by atoms with Crippen molar-refractivity contribution in [1.82, 2.24) is 15.5 Å². The van der Waals surface area contributed by atoms with Gasteiger partial charge in [-0.2, -0.15) is 4.98 Å². The number of nitrogens with one attached hydrogen (secondary N) is 1. The number of nitrogens with zero attached hydrogens (tertiary/aromatic N) is 3. The highest BCUT2D eigenvalue weighted by molar-refractivity contribution is 5.56. The highest BCUT2D eigenvalue weighted by Gasteiger charge is 2.10. The maximum atomic E-state index is 10.5. The lowest BCUT2D eigenvalue weighted by molar-refractivity contribution is -0.384. The molecule has 0 saturated heterocycles. The van der Waals surface area contributed by atoms with Gasteiger partial charge in [0.25, 0.3) is 5.69 Å². The van der Waals surface area contributed by atoms with Crippen molar-refractivity contribution in [3.63, 3.8) is 0 Å². The van der Waals surface area contributed by atoms with Crippen molar-refractivity contribution in [3.05, 3.63) is 40.3 Å². The molecule has 100 valence electrons. The molecule has 7 nitrogen and oxygen atoms in total. The number of aromatic nitrogens is 2. The summed E-state index contributed by atoms with van der Waals surface area (Å²) < 4.78 is 5.12. The Morgan fingerprint density at radius 3 is 2.74 bits per heavy atom. The minimum Gasteiger partial charge on any atom is -0.339 e. The molecule has 0 fully saturated rings. The van der Waals surface area contributed by atoms with E-state index in [-0.39, 0.29) is 5.69 Å². The van der Waals surface area contributed by atoms with Crippen molar-refractivity contribution in [2.75, 3.05) is 13.6 Å². The molecule has 2 rings (SSSR count). The van der Waals surface area contributed by atoms with Crippen molar-refractivity contribution in [1.29, 1.82) is 0 Å². The van der Waals surface area contributed by atoms with Gasteiger partial charge < -0.3 is 9.84 Å². The highest BCUT2D eigenvalue weighted by Crippen LogP contribution is 2.20. The third kappa shape index (κ3) is 3.35. The number of nitro groups is 1. The summed E-state index contributed by atoms with van der Waals surface area (Å²) in [5.74, 6) is 1.03. The first kappa shape index (κ1) is 13.2. The number of hydrogen-bond donors (Lipinski definition) is 1. The molecule has 0 amide bonds. The van der Waals surface area contributed by atoms with E-state index in [0.717, 1.165) is 13.0 Å². The van der Waals surface area contributed by atoms with E-state index in [1.165, 1.54) is 12.1 Å². The second-order valence-corrected chi connectivity index (χ2v) is 4.02. The predicted octanol–water partition coefficient (Wildman–Crippen LogP) is 1.80. The Balaban J connectivity index is 2.07. The molecule has 0 radical (unpaired) electrons. The highest BCUT2D eigenvalue weighted by atomic mass is 16.6. The molecular weight excluding hydrogens is 248 g/mol. The fraction of sp³-hybridized carbons (Fsp3) is 0.333. The van der Waals surface area contributed by atoms with E-state index in [1.54, 1.807) is 12.1 Å². The van der Waals surface area contributed by atoms with Crippen LogP contribution in [0.1, 0.15) is 12.3 Å². The Morgan fingerprint density at radius 2 is 2.11 bits per heavy atom. The van der Waals surface area contributed by atoms with Crippen LogP contribution in [0.3, 0.4) is 0 Å². The van der Waals surface area contributed by atoms with Gasteiger partial charge in [0.1, 0.15) is 0 Å². The number of nitro benzene ring substituents is 1. The SMILES string of the molecule is CNCCCc1nc(-c2ccc([N+](=O)[O-])cc2)no1. The summed E-state index contributed by atoms with van der Waals surface area (Å²) in [5.41, 5.74) is 0.746. The fourth-order valence-corrected chi connectivity index (χ4v) is 1.62. The maximum absolute atomic E-state index is 10.5. The first-order chi connectivity index (χ1) is 9.20. The van der Waals surface area contributed by atoms with Crippen LogP contribution in [0.25, 0.3) is 11.4 Å². The predicted molar refractivity (Wildman–Crippen MR) is 68.6 cm³/mol. The van der Waals surface area contributed by atoms with Crippen LogP contribution in [-0.4, -0.2) is 28.7 Å². The average Bonchev–Trinajstić information content (AvgIpc) is 2.88. The molecule has 0 atom stereocenters. The fourth-order valence-electron chi connectivity index (χ4n) is 1.62. The number of rotatable bonds is 6. The minimum atomic E-state index is -0.441. The van der Waals surface area contributed by atoms with Crippen LogP contribution in [0.15, 0.2) is 28.8 Å². The summed E-state index contributed by atoms with van der Waals surface area (Å²) in [5, 5.41) is 17.5. The minimum absolute atomic E-state index is 0.0430. The van der Waals surface area contributed by atoms with Gasteiger partial charge in [-0.3, -0.25) is 10.1 Å². The Kier molecular flexibility index (Phi) is 4.19. The number of benzene rings is 1. The summed E-state index contributed by atoms with van der Waals surface area (Å²) in [4.78, 5) is 14.4. The molecule has 0 spiro atoms. The van der Waals surface area contributed by atoms with Gasteiger partial charge in [-0.25, -0.2) is 0 Å². The molecule has 1 aromatic heterocycles. The van der Waals surface area contributed by atoms with Crippen molar-refractivity contribution >= 4 is 5.69 Å². The lowest BCUT2D eigenvalue weighted by Crippen LogP contribution is -2.08. The van der Waals surface area contributed by atoms with Gasteiger partial charge in [0.2, 0.25) is 11.7 Å². The molecular formula is C12H14N4O3. The average molecular weight is 262 g/mol. The Bertz CT molecular complexity index is 550. The van der Waals surface area contributed by atoms with Crippen LogP contribution in [-0.2, 0) is 6.42 Å². The lowest BCUT2D eigenvalue weighted by atomic mass is 10.2. The summed E-state index contributed by atoms with van der Waals surface area (Å²) in [7, 11) is 1.89. The smallest absolute Gasteiger partial charge is 0.269 e.